The van der Waals surface area contributed by atoms with E-state index >= 15 is 0 Å². The molecule has 0 atom stereocenters. The molecule has 16 heavy (non-hydrogen) atoms. The maximum absolute atomic E-state index is 12.9. The zero-order valence-corrected chi connectivity index (χ0v) is 8.94. The van der Waals surface area contributed by atoms with Crippen LogP contribution < -0.4 is 5.32 Å². The molecule has 2 rings (SSSR count). The van der Waals surface area contributed by atoms with E-state index in [1.807, 2.05) is 13.0 Å². The van der Waals surface area contributed by atoms with Crippen molar-refractivity contribution in [1.29, 1.82) is 0 Å². The Hall–Kier alpha value is -1.97. The van der Waals surface area contributed by atoms with Crippen LogP contribution in [0.1, 0.15) is 11.3 Å². The van der Waals surface area contributed by atoms with Crippen LogP contribution in [0.4, 0.5) is 10.1 Å². The molecular formula is C12H12FN3. The number of hydrogen-bond donors (Lipinski definition) is 1. The van der Waals surface area contributed by atoms with Crippen molar-refractivity contribution in [2.24, 2.45) is 0 Å². The highest BCUT2D eigenvalue weighted by Crippen LogP contribution is 2.16. The maximum Gasteiger partial charge on any atom is 0.123 e. The smallest absolute Gasteiger partial charge is 0.123 e. The highest BCUT2D eigenvalue weighted by Gasteiger charge is 1.99. The summed E-state index contributed by atoms with van der Waals surface area (Å²) in [6.45, 7) is 2.47. The lowest BCUT2D eigenvalue weighted by Gasteiger charge is -2.08. The second-order valence-electron chi connectivity index (χ2n) is 3.51. The second kappa shape index (κ2) is 4.70. The van der Waals surface area contributed by atoms with Gasteiger partial charge in [0, 0.05) is 11.9 Å². The van der Waals surface area contributed by atoms with E-state index in [-0.39, 0.29) is 5.82 Å². The van der Waals surface area contributed by atoms with Crippen molar-refractivity contribution in [2.45, 2.75) is 13.5 Å². The average Bonchev–Trinajstić information content (AvgIpc) is 2.29. The Balaban J connectivity index is 2.05. The van der Waals surface area contributed by atoms with E-state index in [1.54, 1.807) is 12.3 Å². The Morgan fingerprint density at radius 1 is 1.31 bits per heavy atom. The fourth-order valence-electron chi connectivity index (χ4n) is 1.43. The molecule has 3 nitrogen and oxygen atoms in total. The predicted octanol–water partition coefficient (Wildman–Crippen LogP) is 2.54. The Morgan fingerprint density at radius 2 is 2.19 bits per heavy atom. The van der Waals surface area contributed by atoms with Gasteiger partial charge in [-0.3, -0.25) is 0 Å². The Labute approximate surface area is 93.4 Å². The molecule has 0 saturated heterocycles. The van der Waals surface area contributed by atoms with Gasteiger partial charge in [0.05, 0.1) is 12.2 Å². The van der Waals surface area contributed by atoms with Gasteiger partial charge in [-0.05, 0) is 36.8 Å². The number of anilines is 1. The van der Waals surface area contributed by atoms with Gasteiger partial charge in [0.2, 0.25) is 0 Å². The molecule has 0 bridgehead atoms. The molecule has 82 valence electrons. The molecular weight excluding hydrogens is 205 g/mol. The van der Waals surface area contributed by atoms with Crippen LogP contribution in [-0.2, 0) is 6.54 Å². The standard InChI is InChI=1S/C12H12FN3/c1-9-6-10(13)2-3-12(9)15-7-11-4-5-14-8-16-11/h2-6,8,15H,7H2,1H3. The molecule has 0 aliphatic carbocycles. The van der Waals surface area contributed by atoms with E-state index in [4.69, 9.17) is 0 Å². The Bertz CT molecular complexity index is 471. The highest BCUT2D eigenvalue weighted by atomic mass is 19.1. The third kappa shape index (κ3) is 2.53. The van der Waals surface area contributed by atoms with Crippen molar-refractivity contribution in [1.82, 2.24) is 9.97 Å². The first-order valence-corrected chi connectivity index (χ1v) is 5.00. The second-order valence-corrected chi connectivity index (χ2v) is 3.51. The van der Waals surface area contributed by atoms with Gasteiger partial charge in [0.15, 0.2) is 0 Å². The topological polar surface area (TPSA) is 37.8 Å². The summed E-state index contributed by atoms with van der Waals surface area (Å²) in [6, 6.07) is 6.51. The summed E-state index contributed by atoms with van der Waals surface area (Å²) < 4.78 is 12.9. The molecule has 0 aliphatic heterocycles. The van der Waals surface area contributed by atoms with Gasteiger partial charge >= 0.3 is 0 Å². The van der Waals surface area contributed by atoms with Crippen LogP contribution in [0.2, 0.25) is 0 Å². The minimum Gasteiger partial charge on any atom is -0.379 e. The van der Waals surface area contributed by atoms with Crippen molar-refractivity contribution in [3.8, 4) is 0 Å². The first-order chi connectivity index (χ1) is 7.75. The van der Waals surface area contributed by atoms with Gasteiger partial charge in [-0.15, -0.1) is 0 Å². The number of benzene rings is 1. The minimum atomic E-state index is -0.218. The fraction of sp³-hybridized carbons (Fsp3) is 0.167. The Morgan fingerprint density at radius 3 is 2.88 bits per heavy atom. The average molecular weight is 217 g/mol. The van der Waals surface area contributed by atoms with Crippen LogP contribution in [0, 0.1) is 12.7 Å². The highest BCUT2D eigenvalue weighted by molar-refractivity contribution is 5.50. The minimum absolute atomic E-state index is 0.218. The summed E-state index contributed by atoms with van der Waals surface area (Å²) in [5, 5.41) is 3.20. The monoisotopic (exact) mass is 217 g/mol. The van der Waals surface area contributed by atoms with Crippen molar-refractivity contribution in [3.05, 3.63) is 53.9 Å². The molecule has 0 unspecified atom stereocenters. The fourth-order valence-corrected chi connectivity index (χ4v) is 1.43. The summed E-state index contributed by atoms with van der Waals surface area (Å²) in [4.78, 5) is 7.93. The van der Waals surface area contributed by atoms with Crippen molar-refractivity contribution >= 4 is 5.69 Å². The quantitative estimate of drug-likeness (QED) is 0.858. The zero-order chi connectivity index (χ0) is 11.4. The normalized spacial score (nSPS) is 10.1. The van der Waals surface area contributed by atoms with Gasteiger partial charge in [-0.25, -0.2) is 14.4 Å². The number of hydrogen-bond acceptors (Lipinski definition) is 3. The molecule has 1 heterocycles. The molecule has 2 aromatic rings. The van der Waals surface area contributed by atoms with E-state index in [2.05, 4.69) is 15.3 Å². The molecule has 0 spiro atoms. The van der Waals surface area contributed by atoms with Crippen LogP contribution in [0.15, 0.2) is 36.8 Å². The first-order valence-electron chi connectivity index (χ1n) is 5.00. The van der Waals surface area contributed by atoms with E-state index in [0.29, 0.717) is 6.54 Å². The van der Waals surface area contributed by atoms with Crippen LogP contribution in [0.25, 0.3) is 0 Å². The molecule has 0 radical (unpaired) electrons. The summed E-state index contributed by atoms with van der Waals surface area (Å²) in [5.41, 5.74) is 2.70. The maximum atomic E-state index is 12.9. The number of rotatable bonds is 3. The molecule has 0 aliphatic rings. The van der Waals surface area contributed by atoms with E-state index < -0.39 is 0 Å². The van der Waals surface area contributed by atoms with E-state index in [1.165, 1.54) is 18.5 Å². The van der Waals surface area contributed by atoms with Crippen LogP contribution in [-0.4, -0.2) is 9.97 Å². The lowest BCUT2D eigenvalue weighted by molar-refractivity contribution is 0.627. The third-order valence-corrected chi connectivity index (χ3v) is 2.29. The molecule has 1 N–H and O–H groups in total. The summed E-state index contributed by atoms with van der Waals surface area (Å²) in [5.74, 6) is -0.218. The summed E-state index contributed by atoms with van der Waals surface area (Å²) in [7, 11) is 0. The van der Waals surface area contributed by atoms with Gasteiger partial charge in [-0.1, -0.05) is 0 Å². The number of aryl methyl sites for hydroxylation is 1. The molecule has 0 fully saturated rings. The lowest BCUT2D eigenvalue weighted by Crippen LogP contribution is -2.03. The Kier molecular flexibility index (Phi) is 3.10. The molecule has 0 saturated carbocycles. The summed E-state index contributed by atoms with van der Waals surface area (Å²) in [6.07, 6.45) is 3.20. The van der Waals surface area contributed by atoms with Gasteiger partial charge in [0.1, 0.15) is 12.1 Å². The van der Waals surface area contributed by atoms with Gasteiger partial charge < -0.3 is 5.32 Å². The SMILES string of the molecule is Cc1cc(F)ccc1NCc1ccncn1. The molecule has 4 heteroatoms. The molecule has 1 aromatic heterocycles. The number of nitrogens with one attached hydrogen (secondary N) is 1. The number of nitrogens with zero attached hydrogens (tertiary/aromatic N) is 2. The van der Waals surface area contributed by atoms with Gasteiger partial charge in [0.25, 0.3) is 0 Å². The predicted molar refractivity (Wildman–Crippen MR) is 60.5 cm³/mol. The van der Waals surface area contributed by atoms with Crippen LogP contribution >= 0.6 is 0 Å². The van der Waals surface area contributed by atoms with Gasteiger partial charge in [-0.2, -0.15) is 0 Å². The molecule has 0 amide bonds. The van der Waals surface area contributed by atoms with Crippen LogP contribution in [0.5, 0.6) is 0 Å². The van der Waals surface area contributed by atoms with Crippen molar-refractivity contribution in [3.63, 3.8) is 0 Å². The van der Waals surface area contributed by atoms with Crippen molar-refractivity contribution in [2.75, 3.05) is 5.32 Å². The van der Waals surface area contributed by atoms with E-state index in [0.717, 1.165) is 16.9 Å². The lowest BCUT2D eigenvalue weighted by atomic mass is 10.2. The number of halogens is 1. The van der Waals surface area contributed by atoms with Crippen molar-refractivity contribution < 1.29 is 4.39 Å². The van der Waals surface area contributed by atoms with E-state index in [9.17, 15) is 4.39 Å². The molecule has 1 aromatic carbocycles. The first kappa shape index (κ1) is 10.5. The van der Waals surface area contributed by atoms with Crippen LogP contribution in [0.3, 0.4) is 0 Å². The summed E-state index contributed by atoms with van der Waals surface area (Å²) >= 11 is 0. The largest absolute Gasteiger partial charge is 0.379 e. The number of aromatic nitrogens is 2. The third-order valence-electron chi connectivity index (χ3n) is 2.29. The zero-order valence-electron chi connectivity index (χ0n) is 8.94.